The Hall–Kier alpha value is -2.15. The quantitative estimate of drug-likeness (QED) is 0.802. The van der Waals surface area contributed by atoms with E-state index in [1.807, 2.05) is 24.3 Å². The molecule has 0 spiro atoms. The van der Waals surface area contributed by atoms with Crippen LogP contribution < -0.4 is 11.1 Å². The summed E-state index contributed by atoms with van der Waals surface area (Å²) < 4.78 is 22.0. The number of sulfone groups is 1. The van der Waals surface area contributed by atoms with Gasteiger partial charge in [-0.1, -0.05) is 24.3 Å². The van der Waals surface area contributed by atoms with Crippen molar-refractivity contribution in [2.75, 3.05) is 24.3 Å². The van der Waals surface area contributed by atoms with Crippen LogP contribution in [0.5, 0.6) is 0 Å². The van der Waals surface area contributed by atoms with E-state index in [0.717, 1.165) is 10.8 Å². The number of nitrogens with one attached hydrogen (secondary N) is 1. The number of amides is 1. The van der Waals surface area contributed by atoms with Crippen molar-refractivity contribution < 1.29 is 13.2 Å². The number of carbonyl (C=O) groups is 1. The Labute approximate surface area is 123 Å². The highest BCUT2D eigenvalue weighted by Crippen LogP contribution is 2.19. The number of fused-ring (bicyclic) bond motifs is 1. The van der Waals surface area contributed by atoms with Crippen molar-refractivity contribution >= 4 is 32.3 Å². The summed E-state index contributed by atoms with van der Waals surface area (Å²) in [7, 11) is -3.01. The van der Waals surface area contributed by atoms with Gasteiger partial charge in [-0.05, 0) is 17.9 Å². The molecule has 21 heavy (non-hydrogen) atoms. The van der Waals surface area contributed by atoms with Gasteiger partial charge in [0.15, 0.2) is 0 Å². The van der Waals surface area contributed by atoms with Crippen LogP contribution in [0.3, 0.4) is 0 Å². The summed E-state index contributed by atoms with van der Waals surface area (Å²) in [6.45, 7) is 0.278. The molecule has 1 heterocycles. The Morgan fingerprint density at radius 2 is 2.05 bits per heavy atom. The largest absolute Gasteiger partial charge is 0.383 e. The first kappa shape index (κ1) is 15.2. The molecule has 1 aromatic carbocycles. The van der Waals surface area contributed by atoms with Crippen LogP contribution in [0.25, 0.3) is 10.8 Å². The third-order valence-electron chi connectivity index (χ3n) is 2.98. The molecule has 2 rings (SSSR count). The van der Waals surface area contributed by atoms with Gasteiger partial charge in [0.25, 0.3) is 5.91 Å². The molecule has 1 aromatic heterocycles. The van der Waals surface area contributed by atoms with Crippen molar-refractivity contribution in [1.82, 2.24) is 10.3 Å². The number of rotatable bonds is 5. The zero-order valence-electron chi connectivity index (χ0n) is 11.7. The molecule has 0 fully saturated rings. The minimum Gasteiger partial charge on any atom is -0.383 e. The molecular formula is C14H17N3O3S. The summed E-state index contributed by atoms with van der Waals surface area (Å²) in [5, 5.41) is 4.28. The Kier molecular flexibility index (Phi) is 4.42. The molecule has 0 aliphatic rings. The van der Waals surface area contributed by atoms with E-state index in [2.05, 4.69) is 10.3 Å². The SMILES string of the molecule is CS(=O)(=O)CCCNC(=O)c1cc2ccccc2c(N)n1. The molecule has 0 saturated heterocycles. The average Bonchev–Trinajstić information content (AvgIpc) is 2.42. The van der Waals surface area contributed by atoms with E-state index in [1.165, 1.54) is 6.26 Å². The van der Waals surface area contributed by atoms with E-state index < -0.39 is 9.84 Å². The van der Waals surface area contributed by atoms with Gasteiger partial charge >= 0.3 is 0 Å². The highest BCUT2D eigenvalue weighted by Gasteiger charge is 2.10. The highest BCUT2D eigenvalue weighted by atomic mass is 32.2. The average molecular weight is 307 g/mol. The predicted octanol–water partition coefficient (Wildman–Crippen LogP) is 0.982. The fourth-order valence-electron chi connectivity index (χ4n) is 1.97. The van der Waals surface area contributed by atoms with Crippen molar-refractivity contribution in [2.45, 2.75) is 6.42 Å². The maximum Gasteiger partial charge on any atom is 0.269 e. The van der Waals surface area contributed by atoms with Crippen LogP contribution in [-0.2, 0) is 9.84 Å². The molecule has 1 amide bonds. The zero-order chi connectivity index (χ0) is 15.5. The van der Waals surface area contributed by atoms with Gasteiger partial charge in [-0.25, -0.2) is 13.4 Å². The molecule has 2 aromatic rings. The van der Waals surface area contributed by atoms with Crippen molar-refractivity contribution in [3.05, 3.63) is 36.0 Å². The molecule has 0 radical (unpaired) electrons. The second-order valence-corrected chi connectivity index (χ2v) is 7.11. The Morgan fingerprint density at radius 1 is 1.33 bits per heavy atom. The van der Waals surface area contributed by atoms with Gasteiger partial charge in [0.05, 0.1) is 5.75 Å². The standard InChI is InChI=1S/C14H17N3O3S/c1-21(19,20)8-4-7-16-14(18)12-9-10-5-2-3-6-11(10)13(15)17-12/h2-3,5-6,9H,4,7-8H2,1H3,(H2,15,17)(H,16,18). The lowest BCUT2D eigenvalue weighted by Crippen LogP contribution is -2.26. The van der Waals surface area contributed by atoms with Gasteiger partial charge < -0.3 is 11.1 Å². The van der Waals surface area contributed by atoms with Gasteiger partial charge in [-0.15, -0.1) is 0 Å². The van der Waals surface area contributed by atoms with E-state index in [-0.39, 0.29) is 23.9 Å². The second-order valence-electron chi connectivity index (χ2n) is 4.85. The van der Waals surface area contributed by atoms with Gasteiger partial charge in [0.2, 0.25) is 0 Å². The summed E-state index contributed by atoms with van der Waals surface area (Å²) in [6, 6.07) is 9.07. The molecule has 112 valence electrons. The maximum absolute atomic E-state index is 12.0. The first-order valence-corrected chi connectivity index (χ1v) is 8.54. The van der Waals surface area contributed by atoms with Crippen LogP contribution in [0.2, 0.25) is 0 Å². The summed E-state index contributed by atoms with van der Waals surface area (Å²) in [6.07, 6.45) is 1.54. The normalized spacial score (nSPS) is 11.5. The molecular weight excluding hydrogens is 290 g/mol. The first-order valence-electron chi connectivity index (χ1n) is 6.48. The summed E-state index contributed by atoms with van der Waals surface area (Å²) in [5.41, 5.74) is 6.06. The lowest BCUT2D eigenvalue weighted by molar-refractivity contribution is 0.0949. The van der Waals surface area contributed by atoms with E-state index in [4.69, 9.17) is 5.73 Å². The van der Waals surface area contributed by atoms with Crippen LogP contribution in [0.4, 0.5) is 5.82 Å². The Bertz CT molecular complexity index is 772. The van der Waals surface area contributed by atoms with E-state index in [0.29, 0.717) is 12.2 Å². The molecule has 7 heteroatoms. The maximum atomic E-state index is 12.0. The van der Waals surface area contributed by atoms with Gasteiger partial charge in [-0.2, -0.15) is 0 Å². The molecule has 0 bridgehead atoms. The minimum absolute atomic E-state index is 0.0422. The summed E-state index contributed by atoms with van der Waals surface area (Å²) in [5.74, 6) is -0.0176. The Balaban J connectivity index is 2.06. The van der Waals surface area contributed by atoms with Crippen molar-refractivity contribution in [3.63, 3.8) is 0 Å². The molecule has 0 aliphatic heterocycles. The number of nitrogens with two attached hydrogens (primary N) is 1. The van der Waals surface area contributed by atoms with E-state index in [9.17, 15) is 13.2 Å². The van der Waals surface area contributed by atoms with Crippen LogP contribution in [0.1, 0.15) is 16.9 Å². The third-order valence-corrected chi connectivity index (χ3v) is 4.01. The molecule has 3 N–H and O–H groups in total. The van der Waals surface area contributed by atoms with Crippen molar-refractivity contribution in [3.8, 4) is 0 Å². The predicted molar refractivity (Wildman–Crippen MR) is 82.8 cm³/mol. The number of benzene rings is 1. The minimum atomic E-state index is -3.01. The topological polar surface area (TPSA) is 102 Å². The number of hydrogen-bond acceptors (Lipinski definition) is 5. The first-order chi connectivity index (χ1) is 9.87. The molecule has 6 nitrogen and oxygen atoms in total. The number of nitrogen functional groups attached to an aromatic ring is 1. The van der Waals surface area contributed by atoms with Crippen LogP contribution in [0, 0.1) is 0 Å². The number of carbonyl (C=O) groups excluding carboxylic acids is 1. The van der Waals surface area contributed by atoms with Crippen molar-refractivity contribution in [1.29, 1.82) is 0 Å². The fraction of sp³-hybridized carbons (Fsp3) is 0.286. The smallest absolute Gasteiger partial charge is 0.269 e. The molecule has 0 aliphatic carbocycles. The van der Waals surface area contributed by atoms with E-state index >= 15 is 0 Å². The molecule has 0 unspecified atom stereocenters. The molecule has 0 saturated carbocycles. The van der Waals surface area contributed by atoms with Crippen molar-refractivity contribution in [2.24, 2.45) is 0 Å². The lowest BCUT2D eigenvalue weighted by atomic mass is 10.1. The lowest BCUT2D eigenvalue weighted by Gasteiger charge is -2.07. The third kappa shape index (κ3) is 4.16. The number of pyridine rings is 1. The number of aromatic nitrogens is 1. The summed E-state index contributed by atoms with van der Waals surface area (Å²) in [4.78, 5) is 16.1. The zero-order valence-corrected chi connectivity index (χ0v) is 12.5. The highest BCUT2D eigenvalue weighted by molar-refractivity contribution is 7.90. The van der Waals surface area contributed by atoms with Gasteiger partial charge in [0.1, 0.15) is 21.3 Å². The Morgan fingerprint density at radius 3 is 2.76 bits per heavy atom. The number of anilines is 1. The molecule has 0 atom stereocenters. The number of hydrogen-bond donors (Lipinski definition) is 2. The monoisotopic (exact) mass is 307 g/mol. The fourth-order valence-corrected chi connectivity index (χ4v) is 2.64. The van der Waals surface area contributed by atoms with Gasteiger partial charge in [-0.3, -0.25) is 4.79 Å². The van der Waals surface area contributed by atoms with Crippen LogP contribution in [-0.4, -0.2) is 37.9 Å². The second kappa shape index (κ2) is 6.09. The summed E-state index contributed by atoms with van der Waals surface area (Å²) >= 11 is 0. The van der Waals surface area contributed by atoms with Gasteiger partial charge in [0, 0.05) is 18.2 Å². The van der Waals surface area contributed by atoms with Crippen LogP contribution >= 0.6 is 0 Å². The van der Waals surface area contributed by atoms with Crippen LogP contribution in [0.15, 0.2) is 30.3 Å². The number of nitrogens with zero attached hydrogens (tertiary/aromatic N) is 1. The van der Waals surface area contributed by atoms with E-state index in [1.54, 1.807) is 6.07 Å².